The lowest BCUT2D eigenvalue weighted by Crippen LogP contribution is -2.55. The minimum atomic E-state index is -0.444. The van der Waals surface area contributed by atoms with Crippen LogP contribution in [0.4, 0.5) is 5.69 Å². The summed E-state index contributed by atoms with van der Waals surface area (Å²) in [4.78, 5) is 45.4. The first kappa shape index (κ1) is 19.8. The average Bonchev–Trinajstić information content (AvgIpc) is 3.35. The van der Waals surface area contributed by atoms with Gasteiger partial charge in [0.15, 0.2) is 0 Å². The summed E-state index contributed by atoms with van der Waals surface area (Å²) < 4.78 is 5.14. The molecule has 29 heavy (non-hydrogen) atoms. The zero-order valence-electron chi connectivity index (χ0n) is 16.9. The van der Waals surface area contributed by atoms with Gasteiger partial charge in [0.1, 0.15) is 5.75 Å². The summed E-state index contributed by atoms with van der Waals surface area (Å²) in [7, 11) is 1.58. The van der Waals surface area contributed by atoms with Crippen LogP contribution >= 0.6 is 0 Å². The smallest absolute Gasteiger partial charge is 0.251 e. The SMILES string of the molecule is COc1ccc(N2C(=O)C[C@@H](N3CCN(C(=O)CN4CCCC4)CC3)C2=O)cc1. The molecule has 3 aliphatic rings. The van der Waals surface area contributed by atoms with E-state index < -0.39 is 6.04 Å². The van der Waals surface area contributed by atoms with Gasteiger partial charge in [-0.05, 0) is 50.2 Å². The van der Waals surface area contributed by atoms with Gasteiger partial charge in [-0.2, -0.15) is 0 Å². The van der Waals surface area contributed by atoms with Crippen molar-refractivity contribution in [1.29, 1.82) is 0 Å². The van der Waals surface area contributed by atoms with Crippen molar-refractivity contribution in [3.63, 3.8) is 0 Å². The summed E-state index contributed by atoms with van der Waals surface area (Å²) in [6.45, 7) is 4.95. The molecule has 0 aliphatic carbocycles. The number of hydrogen-bond donors (Lipinski definition) is 0. The van der Waals surface area contributed by atoms with Crippen LogP contribution in [0.2, 0.25) is 0 Å². The molecule has 0 spiro atoms. The highest BCUT2D eigenvalue weighted by molar-refractivity contribution is 6.22. The number of imide groups is 1. The number of amides is 3. The van der Waals surface area contributed by atoms with Crippen LogP contribution in [0.15, 0.2) is 24.3 Å². The highest BCUT2D eigenvalue weighted by atomic mass is 16.5. The number of carbonyl (C=O) groups is 3. The molecule has 1 atom stereocenters. The third kappa shape index (κ3) is 4.13. The van der Waals surface area contributed by atoms with E-state index in [-0.39, 0.29) is 24.1 Å². The van der Waals surface area contributed by atoms with Crippen molar-refractivity contribution in [2.24, 2.45) is 0 Å². The number of hydrogen-bond acceptors (Lipinski definition) is 6. The number of nitrogens with zero attached hydrogens (tertiary/aromatic N) is 4. The molecule has 4 rings (SSSR count). The maximum absolute atomic E-state index is 13.0. The lowest BCUT2D eigenvalue weighted by Gasteiger charge is -2.37. The maximum Gasteiger partial charge on any atom is 0.251 e. The number of benzene rings is 1. The van der Waals surface area contributed by atoms with Crippen molar-refractivity contribution >= 4 is 23.4 Å². The fraction of sp³-hybridized carbons (Fsp3) is 0.571. The van der Waals surface area contributed by atoms with Gasteiger partial charge in [-0.15, -0.1) is 0 Å². The van der Waals surface area contributed by atoms with Crippen molar-refractivity contribution in [3.8, 4) is 5.75 Å². The van der Waals surface area contributed by atoms with Crippen LogP contribution in [-0.2, 0) is 14.4 Å². The van der Waals surface area contributed by atoms with Crippen LogP contribution in [-0.4, -0.2) is 91.4 Å². The molecule has 3 aliphatic heterocycles. The number of anilines is 1. The van der Waals surface area contributed by atoms with E-state index in [2.05, 4.69) is 4.90 Å². The van der Waals surface area contributed by atoms with Crippen molar-refractivity contribution in [2.45, 2.75) is 25.3 Å². The molecule has 1 aromatic carbocycles. The summed E-state index contributed by atoms with van der Waals surface area (Å²) in [6.07, 6.45) is 2.53. The molecule has 8 heteroatoms. The van der Waals surface area contributed by atoms with E-state index in [9.17, 15) is 14.4 Å². The second kappa shape index (κ2) is 8.51. The lowest BCUT2D eigenvalue weighted by atomic mass is 10.1. The predicted octanol–water partition coefficient (Wildman–Crippen LogP) is 0.567. The molecule has 0 unspecified atom stereocenters. The van der Waals surface area contributed by atoms with E-state index >= 15 is 0 Å². The Morgan fingerprint density at radius 3 is 2.28 bits per heavy atom. The molecule has 0 N–H and O–H groups in total. The highest BCUT2D eigenvalue weighted by Crippen LogP contribution is 2.27. The fourth-order valence-electron chi connectivity index (χ4n) is 4.42. The van der Waals surface area contributed by atoms with Crippen LogP contribution in [0, 0.1) is 0 Å². The summed E-state index contributed by atoms with van der Waals surface area (Å²) in [6, 6.07) is 6.50. The summed E-state index contributed by atoms with van der Waals surface area (Å²) in [5.41, 5.74) is 0.572. The Morgan fingerprint density at radius 1 is 1.00 bits per heavy atom. The topological polar surface area (TPSA) is 73.4 Å². The third-order valence-electron chi connectivity index (χ3n) is 6.12. The van der Waals surface area contributed by atoms with Crippen molar-refractivity contribution in [1.82, 2.24) is 14.7 Å². The van der Waals surface area contributed by atoms with E-state index in [1.54, 1.807) is 31.4 Å². The molecule has 0 radical (unpaired) electrons. The van der Waals surface area contributed by atoms with Gasteiger partial charge in [-0.3, -0.25) is 24.2 Å². The minimum Gasteiger partial charge on any atom is -0.497 e. The second-order valence-electron chi connectivity index (χ2n) is 7.89. The van der Waals surface area contributed by atoms with Crippen LogP contribution in [0.1, 0.15) is 19.3 Å². The second-order valence-corrected chi connectivity index (χ2v) is 7.89. The molecule has 156 valence electrons. The Labute approximate surface area is 171 Å². The number of rotatable bonds is 5. The molecular formula is C21H28N4O4. The van der Waals surface area contributed by atoms with E-state index in [0.29, 0.717) is 44.2 Å². The normalized spacial score (nSPS) is 23.8. The monoisotopic (exact) mass is 400 g/mol. The average molecular weight is 400 g/mol. The molecule has 3 heterocycles. The van der Waals surface area contributed by atoms with Gasteiger partial charge >= 0.3 is 0 Å². The molecule has 3 fully saturated rings. The predicted molar refractivity (Wildman–Crippen MR) is 108 cm³/mol. The largest absolute Gasteiger partial charge is 0.497 e. The van der Waals surface area contributed by atoms with Crippen molar-refractivity contribution in [3.05, 3.63) is 24.3 Å². The Kier molecular flexibility index (Phi) is 5.82. The summed E-state index contributed by atoms with van der Waals surface area (Å²) in [5, 5.41) is 0. The molecule has 0 bridgehead atoms. The molecule has 3 amide bonds. The number of piperazine rings is 1. The molecule has 3 saturated heterocycles. The first-order valence-electron chi connectivity index (χ1n) is 10.3. The number of carbonyl (C=O) groups excluding carboxylic acids is 3. The molecule has 0 saturated carbocycles. The quantitative estimate of drug-likeness (QED) is 0.673. The number of ether oxygens (including phenoxy) is 1. The van der Waals surface area contributed by atoms with E-state index in [1.807, 2.05) is 9.80 Å². The Bertz CT molecular complexity index is 767. The molecule has 0 aromatic heterocycles. The molecular weight excluding hydrogens is 372 g/mol. The van der Waals surface area contributed by atoms with E-state index in [4.69, 9.17) is 4.74 Å². The lowest BCUT2D eigenvalue weighted by molar-refractivity contribution is -0.134. The molecule has 8 nitrogen and oxygen atoms in total. The van der Waals surface area contributed by atoms with Crippen LogP contribution in [0.3, 0.4) is 0 Å². The van der Waals surface area contributed by atoms with Gasteiger partial charge in [-0.1, -0.05) is 0 Å². The van der Waals surface area contributed by atoms with E-state index in [1.165, 1.54) is 17.7 Å². The van der Waals surface area contributed by atoms with Gasteiger partial charge in [0.05, 0.1) is 31.8 Å². The Hall–Kier alpha value is -2.45. The Morgan fingerprint density at radius 2 is 1.66 bits per heavy atom. The zero-order valence-corrected chi connectivity index (χ0v) is 16.9. The third-order valence-corrected chi connectivity index (χ3v) is 6.12. The standard InChI is InChI=1S/C21H28N4O4/c1-29-17-6-4-16(5-7-17)25-19(26)14-18(21(25)28)23-10-12-24(13-11-23)20(27)15-22-8-2-3-9-22/h4-7,18H,2-3,8-15H2,1H3/t18-/m1/s1. The first-order valence-corrected chi connectivity index (χ1v) is 10.3. The van der Waals surface area contributed by atoms with Crippen LogP contribution in [0.25, 0.3) is 0 Å². The van der Waals surface area contributed by atoms with Gasteiger partial charge < -0.3 is 9.64 Å². The minimum absolute atomic E-state index is 0.167. The first-order chi connectivity index (χ1) is 14.1. The zero-order chi connectivity index (χ0) is 20.4. The van der Waals surface area contributed by atoms with Crippen molar-refractivity contribution < 1.29 is 19.1 Å². The maximum atomic E-state index is 13.0. The van der Waals surface area contributed by atoms with Crippen LogP contribution in [0.5, 0.6) is 5.75 Å². The highest BCUT2D eigenvalue weighted by Gasteiger charge is 2.43. The molecule has 1 aromatic rings. The van der Waals surface area contributed by atoms with Gasteiger partial charge in [0.25, 0.3) is 5.91 Å². The van der Waals surface area contributed by atoms with Crippen LogP contribution < -0.4 is 9.64 Å². The summed E-state index contributed by atoms with van der Waals surface area (Å²) >= 11 is 0. The van der Waals surface area contributed by atoms with E-state index in [0.717, 1.165) is 13.1 Å². The van der Waals surface area contributed by atoms with Crippen molar-refractivity contribution in [2.75, 3.05) is 57.8 Å². The Balaban J connectivity index is 1.34. The fourth-order valence-corrected chi connectivity index (χ4v) is 4.42. The summed E-state index contributed by atoms with van der Waals surface area (Å²) in [5.74, 6) is 0.481. The number of methoxy groups -OCH3 is 1. The van der Waals surface area contributed by atoms with Gasteiger partial charge in [0, 0.05) is 26.2 Å². The van der Waals surface area contributed by atoms with Gasteiger partial charge in [-0.25, -0.2) is 4.90 Å². The van der Waals surface area contributed by atoms with Gasteiger partial charge in [0.2, 0.25) is 11.8 Å². The number of likely N-dealkylation sites (tertiary alicyclic amines) is 1.